The molecular formula is C22H25N5O5S. The number of aryl methyl sites for hydroxylation is 1. The van der Waals surface area contributed by atoms with Crippen molar-refractivity contribution < 1.29 is 18.4 Å². The van der Waals surface area contributed by atoms with Crippen LogP contribution in [-0.4, -0.2) is 39.9 Å². The molecule has 33 heavy (non-hydrogen) atoms. The molecule has 1 aliphatic heterocycles. The maximum absolute atomic E-state index is 13.5. The molecule has 0 spiro atoms. The number of nitro benzene ring substituents is 1. The number of piperidine rings is 1. The van der Waals surface area contributed by atoms with E-state index in [1.807, 2.05) is 19.1 Å². The molecule has 1 saturated heterocycles. The van der Waals surface area contributed by atoms with Gasteiger partial charge < -0.3 is 9.67 Å². The Kier molecular flexibility index (Phi) is 5.93. The Hall–Kier alpha value is -3.31. The third kappa shape index (κ3) is 4.09. The quantitative estimate of drug-likeness (QED) is 0.317. The minimum Gasteiger partial charge on any atom is -0.493 e. The number of aromatic hydroxyl groups is 1. The molecule has 0 unspecified atom stereocenters. The lowest BCUT2D eigenvalue weighted by Crippen LogP contribution is -2.44. The second-order valence-corrected chi connectivity index (χ2v) is 10.3. The van der Waals surface area contributed by atoms with E-state index in [0.717, 1.165) is 11.6 Å². The third-order valence-corrected chi connectivity index (χ3v) is 8.17. The fourth-order valence-electron chi connectivity index (χ4n) is 4.34. The maximum atomic E-state index is 13.5. The van der Waals surface area contributed by atoms with Crippen LogP contribution in [0.5, 0.6) is 5.88 Å². The number of non-ortho nitro benzene ring substituents is 1. The van der Waals surface area contributed by atoms with E-state index in [1.165, 1.54) is 16.4 Å². The number of benzene rings is 2. The Morgan fingerprint density at radius 2 is 1.88 bits per heavy atom. The van der Waals surface area contributed by atoms with Crippen LogP contribution >= 0.6 is 0 Å². The maximum Gasteiger partial charge on any atom is 0.270 e. The molecule has 2 atom stereocenters. The molecule has 11 heteroatoms. The molecule has 1 N–H and O–H groups in total. The van der Waals surface area contributed by atoms with Crippen LogP contribution in [0.4, 0.5) is 17.1 Å². The molecule has 2 aromatic carbocycles. The normalized spacial score (nSPS) is 20.0. The van der Waals surface area contributed by atoms with Gasteiger partial charge in [0.2, 0.25) is 15.9 Å². The van der Waals surface area contributed by atoms with E-state index < -0.39 is 14.9 Å². The number of sulfonamides is 1. The summed E-state index contributed by atoms with van der Waals surface area (Å²) in [6.45, 7) is 4.23. The summed E-state index contributed by atoms with van der Waals surface area (Å²) < 4.78 is 30.0. The minimum absolute atomic E-state index is 0.0289. The number of nitrogens with zero attached hydrogens (tertiary/aromatic N) is 5. The van der Waals surface area contributed by atoms with E-state index >= 15 is 0 Å². The van der Waals surface area contributed by atoms with Gasteiger partial charge in [-0.3, -0.25) is 10.1 Å². The first-order valence-electron chi connectivity index (χ1n) is 10.6. The molecule has 3 aromatic rings. The highest BCUT2D eigenvalue weighted by molar-refractivity contribution is 7.89. The van der Waals surface area contributed by atoms with Crippen molar-refractivity contribution in [3.63, 3.8) is 0 Å². The van der Waals surface area contributed by atoms with Crippen molar-refractivity contribution in [1.82, 2.24) is 8.87 Å². The smallest absolute Gasteiger partial charge is 0.270 e. The molecule has 1 fully saturated rings. The number of nitro groups is 1. The van der Waals surface area contributed by atoms with Gasteiger partial charge in [0, 0.05) is 37.2 Å². The number of azo groups is 1. The Bertz CT molecular complexity index is 1360. The van der Waals surface area contributed by atoms with Crippen LogP contribution in [0, 0.1) is 16.0 Å². The Balaban J connectivity index is 1.82. The van der Waals surface area contributed by atoms with E-state index in [4.69, 9.17) is 0 Å². The Labute approximate surface area is 191 Å². The lowest BCUT2D eigenvalue weighted by Gasteiger charge is -2.35. The van der Waals surface area contributed by atoms with Gasteiger partial charge in [-0.05, 0) is 37.8 Å². The topological polar surface area (TPSA) is 130 Å². The molecule has 4 rings (SSSR count). The lowest BCUT2D eigenvalue weighted by molar-refractivity contribution is -0.385. The molecule has 0 bridgehead atoms. The highest BCUT2D eigenvalue weighted by Crippen LogP contribution is 2.40. The fourth-order valence-corrected chi connectivity index (χ4v) is 6.14. The second kappa shape index (κ2) is 8.56. The fraction of sp³-hybridized carbons (Fsp3) is 0.364. The first kappa shape index (κ1) is 22.9. The summed E-state index contributed by atoms with van der Waals surface area (Å²) in [5.41, 5.74) is 0.545. The summed E-state index contributed by atoms with van der Waals surface area (Å²) in [4.78, 5) is 10.4. The summed E-state index contributed by atoms with van der Waals surface area (Å²) in [6.07, 6.45) is 1.41. The van der Waals surface area contributed by atoms with Crippen LogP contribution < -0.4 is 0 Å². The van der Waals surface area contributed by atoms with Crippen molar-refractivity contribution >= 4 is 38.0 Å². The highest BCUT2D eigenvalue weighted by atomic mass is 32.2. The van der Waals surface area contributed by atoms with Crippen LogP contribution in [0.25, 0.3) is 10.9 Å². The summed E-state index contributed by atoms with van der Waals surface area (Å²) in [5.74, 6) is 0.273. The van der Waals surface area contributed by atoms with Gasteiger partial charge in [-0.15, -0.1) is 10.2 Å². The summed E-state index contributed by atoms with van der Waals surface area (Å²) in [6, 6.07) is 10.4. The van der Waals surface area contributed by atoms with Crippen LogP contribution in [0.1, 0.15) is 26.7 Å². The van der Waals surface area contributed by atoms with Gasteiger partial charge in [0.05, 0.1) is 10.4 Å². The van der Waals surface area contributed by atoms with Gasteiger partial charge >= 0.3 is 0 Å². The molecule has 0 saturated carbocycles. The monoisotopic (exact) mass is 471 g/mol. The number of para-hydroxylation sites is 1. The third-order valence-electron chi connectivity index (χ3n) is 6.13. The standard InChI is InChI=1S/C22H25N5O5S/c1-14-10-11-26(15(2)12-14)33(31,32)20-13-16(27(29)30)8-9-18(20)23-24-21-17-6-4-5-7-19(17)25(3)22(21)28/h4-9,13-15,28H,10-12H2,1-3H3/t14-,15+/m1/s1. The Morgan fingerprint density at radius 1 is 1.15 bits per heavy atom. The van der Waals surface area contributed by atoms with Crippen LogP contribution in [0.3, 0.4) is 0 Å². The highest BCUT2D eigenvalue weighted by Gasteiger charge is 2.35. The Morgan fingerprint density at radius 3 is 2.58 bits per heavy atom. The first-order chi connectivity index (χ1) is 15.6. The van der Waals surface area contributed by atoms with E-state index in [2.05, 4.69) is 17.2 Å². The summed E-state index contributed by atoms with van der Waals surface area (Å²) in [5, 5.41) is 30.8. The second-order valence-electron chi connectivity index (χ2n) is 8.45. The molecular weight excluding hydrogens is 446 g/mol. The van der Waals surface area contributed by atoms with Crippen molar-refractivity contribution in [3.8, 4) is 5.88 Å². The van der Waals surface area contributed by atoms with E-state index in [9.17, 15) is 23.6 Å². The van der Waals surface area contributed by atoms with Crippen molar-refractivity contribution in [3.05, 3.63) is 52.6 Å². The largest absolute Gasteiger partial charge is 0.493 e. The number of aromatic nitrogens is 1. The number of rotatable bonds is 5. The molecule has 10 nitrogen and oxygen atoms in total. The zero-order valence-electron chi connectivity index (χ0n) is 18.5. The zero-order chi connectivity index (χ0) is 23.9. The number of fused-ring (bicyclic) bond motifs is 1. The molecule has 0 aliphatic carbocycles. The van der Waals surface area contributed by atoms with Gasteiger partial charge in [0.25, 0.3) is 5.69 Å². The van der Waals surface area contributed by atoms with Crippen LogP contribution in [-0.2, 0) is 17.1 Å². The van der Waals surface area contributed by atoms with Crippen molar-refractivity contribution in [2.75, 3.05) is 6.54 Å². The van der Waals surface area contributed by atoms with Crippen LogP contribution in [0.15, 0.2) is 57.6 Å². The average molecular weight is 472 g/mol. The van der Waals surface area contributed by atoms with Crippen molar-refractivity contribution in [2.24, 2.45) is 23.2 Å². The van der Waals surface area contributed by atoms with Crippen LogP contribution in [0.2, 0.25) is 0 Å². The van der Waals surface area contributed by atoms with Crippen molar-refractivity contribution in [2.45, 2.75) is 37.6 Å². The molecule has 1 aliphatic rings. The molecule has 174 valence electrons. The van der Waals surface area contributed by atoms with E-state index in [-0.39, 0.29) is 33.9 Å². The number of hydrogen-bond acceptors (Lipinski definition) is 7. The number of hydrogen-bond donors (Lipinski definition) is 1. The van der Waals surface area contributed by atoms with Gasteiger partial charge in [0.1, 0.15) is 10.6 Å². The molecule has 0 radical (unpaired) electrons. The average Bonchev–Trinajstić information content (AvgIpc) is 3.02. The predicted molar refractivity (Wildman–Crippen MR) is 124 cm³/mol. The summed E-state index contributed by atoms with van der Waals surface area (Å²) >= 11 is 0. The lowest BCUT2D eigenvalue weighted by atomic mass is 9.95. The first-order valence-corrected chi connectivity index (χ1v) is 12.0. The van der Waals surface area contributed by atoms with Gasteiger partial charge in [0.15, 0.2) is 5.69 Å². The van der Waals surface area contributed by atoms with Crippen molar-refractivity contribution in [1.29, 1.82) is 0 Å². The van der Waals surface area contributed by atoms with Gasteiger partial charge in [-0.1, -0.05) is 25.1 Å². The zero-order valence-corrected chi connectivity index (χ0v) is 19.4. The minimum atomic E-state index is -4.07. The van der Waals surface area contributed by atoms with Gasteiger partial charge in [-0.25, -0.2) is 8.42 Å². The SMILES string of the molecule is C[C@@H]1CCN(S(=O)(=O)c2cc([N+](=O)[O-])ccc2N=Nc2c(O)n(C)c3ccccc23)[C@@H](C)C1. The molecule has 2 heterocycles. The van der Waals surface area contributed by atoms with Gasteiger partial charge in [-0.2, -0.15) is 4.31 Å². The summed E-state index contributed by atoms with van der Waals surface area (Å²) in [7, 11) is -2.39. The molecule has 1 aromatic heterocycles. The van der Waals surface area contributed by atoms with E-state index in [1.54, 1.807) is 23.7 Å². The predicted octanol–water partition coefficient (Wildman–Crippen LogP) is 5.02. The molecule has 0 amide bonds. The van der Waals surface area contributed by atoms with E-state index in [0.29, 0.717) is 30.7 Å².